The van der Waals surface area contributed by atoms with Gasteiger partial charge in [-0.3, -0.25) is 4.79 Å². The number of halogens is 1. The second-order valence-electron chi connectivity index (χ2n) is 9.01. The molecule has 1 amide bonds. The lowest BCUT2D eigenvalue weighted by Gasteiger charge is -2.36. The van der Waals surface area contributed by atoms with E-state index in [1.54, 1.807) is 18.2 Å². The molecule has 33 heavy (non-hydrogen) atoms. The average Bonchev–Trinajstić information content (AvgIpc) is 3.63. The third kappa shape index (κ3) is 5.90. The second kappa shape index (κ2) is 9.79. The van der Waals surface area contributed by atoms with E-state index in [0.717, 1.165) is 44.7 Å². The molecule has 178 valence electrons. The molecule has 0 spiro atoms. The van der Waals surface area contributed by atoms with Gasteiger partial charge in [0.25, 0.3) is 5.91 Å². The first-order valence-corrected chi connectivity index (χ1v) is 12.8. The predicted molar refractivity (Wildman–Crippen MR) is 126 cm³/mol. The van der Waals surface area contributed by atoms with Crippen LogP contribution in [0.25, 0.3) is 0 Å². The molecular formula is C24H31FN4O3S. The number of likely N-dealkylation sites (N-methyl/N-ethyl adjacent to an activating group) is 1. The number of piperazine rings is 1. The largest absolute Gasteiger partial charge is 0.369 e. The highest BCUT2D eigenvalue weighted by Gasteiger charge is 2.25. The first kappa shape index (κ1) is 23.7. The summed E-state index contributed by atoms with van der Waals surface area (Å²) < 4.78 is 41.9. The molecule has 0 radical (unpaired) electrons. The Morgan fingerprint density at radius 2 is 1.85 bits per heavy atom. The van der Waals surface area contributed by atoms with Gasteiger partial charge in [-0.1, -0.05) is 6.07 Å². The van der Waals surface area contributed by atoms with E-state index in [2.05, 4.69) is 26.9 Å². The van der Waals surface area contributed by atoms with E-state index >= 15 is 0 Å². The Balaban J connectivity index is 1.49. The Morgan fingerprint density at radius 1 is 1.12 bits per heavy atom. The summed E-state index contributed by atoms with van der Waals surface area (Å²) in [4.78, 5) is 17.5. The molecule has 0 bridgehead atoms. The summed E-state index contributed by atoms with van der Waals surface area (Å²) in [6.07, 6.45) is 2.08. The molecule has 1 unspecified atom stereocenters. The van der Waals surface area contributed by atoms with Crippen molar-refractivity contribution in [2.45, 2.75) is 30.7 Å². The maximum atomic E-state index is 14.1. The second-order valence-corrected chi connectivity index (χ2v) is 10.8. The van der Waals surface area contributed by atoms with Gasteiger partial charge in [0, 0.05) is 49.5 Å². The number of sulfonamides is 1. The Morgan fingerprint density at radius 3 is 2.55 bits per heavy atom. The highest BCUT2D eigenvalue weighted by molar-refractivity contribution is 7.89. The van der Waals surface area contributed by atoms with Gasteiger partial charge in [0.05, 0.1) is 10.9 Å². The van der Waals surface area contributed by atoms with Gasteiger partial charge in [0.15, 0.2) is 0 Å². The number of nitrogens with zero attached hydrogens (tertiary/aromatic N) is 2. The summed E-state index contributed by atoms with van der Waals surface area (Å²) in [5.74, 6) is -0.359. The minimum atomic E-state index is -3.67. The first-order valence-electron chi connectivity index (χ1n) is 11.4. The van der Waals surface area contributed by atoms with Crippen LogP contribution in [0.4, 0.5) is 10.1 Å². The van der Waals surface area contributed by atoms with Crippen LogP contribution in [0, 0.1) is 11.7 Å². The number of carbonyl (C=O) groups is 1. The quantitative estimate of drug-likeness (QED) is 0.615. The van der Waals surface area contributed by atoms with Crippen molar-refractivity contribution in [3.8, 4) is 0 Å². The molecule has 2 aromatic carbocycles. The van der Waals surface area contributed by atoms with Crippen molar-refractivity contribution in [3.05, 3.63) is 59.4 Å². The van der Waals surface area contributed by atoms with Gasteiger partial charge in [-0.05, 0) is 69.1 Å². The zero-order chi connectivity index (χ0) is 23.6. The lowest BCUT2D eigenvalue weighted by atomic mass is 10.0. The summed E-state index contributed by atoms with van der Waals surface area (Å²) in [6.45, 7) is 5.70. The van der Waals surface area contributed by atoms with E-state index in [1.165, 1.54) is 24.3 Å². The number of hydrogen-bond donors (Lipinski definition) is 2. The van der Waals surface area contributed by atoms with E-state index < -0.39 is 22.0 Å². The molecule has 1 atom stereocenters. The fourth-order valence-electron chi connectivity index (χ4n) is 4.00. The third-order valence-corrected chi connectivity index (χ3v) is 7.73. The topological polar surface area (TPSA) is 81.7 Å². The molecule has 1 saturated heterocycles. The SMILES string of the molecule is CC(NC(=O)c1cccc(S(=O)(=O)NCC2CC2)c1)c1cc(F)ccc1N1CCN(C)CC1. The molecular weight excluding hydrogens is 443 g/mol. The van der Waals surface area contributed by atoms with E-state index in [9.17, 15) is 17.6 Å². The number of carbonyl (C=O) groups excluding carboxylic acids is 1. The lowest BCUT2D eigenvalue weighted by molar-refractivity contribution is 0.0939. The predicted octanol–water partition coefficient (Wildman–Crippen LogP) is 2.76. The molecule has 7 nitrogen and oxygen atoms in total. The fraction of sp³-hybridized carbons (Fsp3) is 0.458. The van der Waals surface area contributed by atoms with Gasteiger partial charge in [0.1, 0.15) is 5.82 Å². The number of benzene rings is 2. The van der Waals surface area contributed by atoms with Crippen LogP contribution in [0.5, 0.6) is 0 Å². The maximum Gasteiger partial charge on any atom is 0.251 e. The molecule has 1 saturated carbocycles. The molecule has 1 heterocycles. The highest BCUT2D eigenvalue weighted by atomic mass is 32.2. The van der Waals surface area contributed by atoms with Crippen LogP contribution in [0.15, 0.2) is 47.4 Å². The number of amides is 1. The summed E-state index contributed by atoms with van der Waals surface area (Å²) in [6, 6.07) is 10.2. The zero-order valence-corrected chi connectivity index (χ0v) is 19.9. The Bertz CT molecular complexity index is 1110. The number of rotatable bonds is 8. The first-order chi connectivity index (χ1) is 15.7. The van der Waals surface area contributed by atoms with Crippen LogP contribution in [-0.2, 0) is 10.0 Å². The van der Waals surface area contributed by atoms with Crippen LogP contribution in [0.2, 0.25) is 0 Å². The summed E-state index contributed by atoms with van der Waals surface area (Å²) in [5.41, 5.74) is 1.84. The molecule has 9 heteroatoms. The standard InChI is InChI=1S/C24H31FN4O3S/c1-17(22-15-20(25)8-9-23(22)29-12-10-28(2)11-13-29)27-24(30)19-4-3-5-21(14-19)33(31,32)26-16-18-6-7-18/h3-5,8-9,14-15,17-18,26H,6-7,10-13,16H2,1-2H3,(H,27,30). The van der Waals surface area contributed by atoms with E-state index in [-0.39, 0.29) is 16.3 Å². The lowest BCUT2D eigenvalue weighted by Crippen LogP contribution is -2.45. The van der Waals surface area contributed by atoms with Gasteiger partial charge in [-0.15, -0.1) is 0 Å². The minimum Gasteiger partial charge on any atom is -0.369 e. The highest BCUT2D eigenvalue weighted by Crippen LogP contribution is 2.29. The van der Waals surface area contributed by atoms with Crippen molar-refractivity contribution in [1.29, 1.82) is 0 Å². The molecule has 2 aromatic rings. The van der Waals surface area contributed by atoms with Crippen molar-refractivity contribution in [2.24, 2.45) is 5.92 Å². The monoisotopic (exact) mass is 474 g/mol. The molecule has 1 aliphatic heterocycles. The Labute approximate surface area is 195 Å². The number of hydrogen-bond acceptors (Lipinski definition) is 5. The Kier molecular flexibility index (Phi) is 7.02. The summed E-state index contributed by atoms with van der Waals surface area (Å²) in [7, 11) is -1.60. The zero-order valence-electron chi connectivity index (χ0n) is 19.1. The normalized spacial score (nSPS) is 18.2. The minimum absolute atomic E-state index is 0.0623. The van der Waals surface area contributed by atoms with Crippen molar-refractivity contribution in [3.63, 3.8) is 0 Å². The molecule has 4 rings (SSSR count). The smallest absolute Gasteiger partial charge is 0.251 e. The molecule has 2 N–H and O–H groups in total. The van der Waals surface area contributed by atoms with Gasteiger partial charge in [0.2, 0.25) is 10.0 Å². The van der Waals surface area contributed by atoms with E-state index in [1.807, 2.05) is 6.92 Å². The van der Waals surface area contributed by atoms with Crippen LogP contribution < -0.4 is 14.9 Å². The van der Waals surface area contributed by atoms with Crippen LogP contribution in [0.3, 0.4) is 0 Å². The molecule has 2 fully saturated rings. The van der Waals surface area contributed by atoms with E-state index in [0.29, 0.717) is 18.0 Å². The average molecular weight is 475 g/mol. The summed E-state index contributed by atoms with van der Waals surface area (Å²) in [5, 5.41) is 2.91. The van der Waals surface area contributed by atoms with Crippen molar-refractivity contribution < 1.29 is 17.6 Å². The van der Waals surface area contributed by atoms with Crippen molar-refractivity contribution in [2.75, 3.05) is 44.7 Å². The molecule has 0 aromatic heterocycles. The van der Waals surface area contributed by atoms with Gasteiger partial charge in [-0.2, -0.15) is 0 Å². The van der Waals surface area contributed by atoms with Crippen LogP contribution in [-0.4, -0.2) is 59.0 Å². The molecule has 1 aliphatic carbocycles. The summed E-state index contributed by atoms with van der Waals surface area (Å²) >= 11 is 0. The maximum absolute atomic E-state index is 14.1. The number of nitrogens with one attached hydrogen (secondary N) is 2. The van der Waals surface area contributed by atoms with Crippen LogP contribution in [0.1, 0.15) is 41.7 Å². The van der Waals surface area contributed by atoms with Crippen molar-refractivity contribution >= 4 is 21.6 Å². The van der Waals surface area contributed by atoms with Crippen molar-refractivity contribution in [1.82, 2.24) is 14.9 Å². The van der Waals surface area contributed by atoms with Gasteiger partial charge < -0.3 is 15.1 Å². The number of anilines is 1. The van der Waals surface area contributed by atoms with Gasteiger partial charge >= 0.3 is 0 Å². The van der Waals surface area contributed by atoms with Gasteiger partial charge in [-0.25, -0.2) is 17.5 Å². The molecule has 2 aliphatic rings. The third-order valence-electron chi connectivity index (χ3n) is 6.31. The Hall–Kier alpha value is -2.49. The van der Waals surface area contributed by atoms with E-state index in [4.69, 9.17) is 0 Å². The fourth-order valence-corrected chi connectivity index (χ4v) is 5.16. The van der Waals surface area contributed by atoms with Crippen LogP contribution >= 0.6 is 0 Å².